The van der Waals surface area contributed by atoms with Crippen molar-refractivity contribution in [3.8, 4) is 11.5 Å². The van der Waals surface area contributed by atoms with Crippen LogP contribution >= 0.6 is 11.6 Å². The fourth-order valence-corrected chi connectivity index (χ4v) is 2.92. The third-order valence-corrected chi connectivity index (χ3v) is 4.32. The lowest BCUT2D eigenvalue weighted by atomic mass is 9.79. The molecule has 1 aliphatic rings. The zero-order chi connectivity index (χ0) is 16.2. The second-order valence-corrected chi connectivity index (χ2v) is 6.43. The Labute approximate surface area is 137 Å². The van der Waals surface area contributed by atoms with Crippen LogP contribution < -0.4 is 9.47 Å². The van der Waals surface area contributed by atoms with E-state index in [4.69, 9.17) is 30.5 Å². The molecule has 1 atom stereocenters. The Kier molecular flexibility index (Phi) is 5.95. The quantitative estimate of drug-likeness (QED) is 0.589. The van der Waals surface area contributed by atoms with Crippen LogP contribution in [0, 0.1) is 0 Å². The second-order valence-electron chi connectivity index (χ2n) is 6.05. The average molecular weight is 329 g/mol. The fraction of sp³-hybridized carbons (Fsp3) is 0.647. The monoisotopic (exact) mass is 328 g/mol. The van der Waals surface area contributed by atoms with Crippen LogP contribution in [0.2, 0.25) is 0 Å². The summed E-state index contributed by atoms with van der Waals surface area (Å²) in [6, 6.07) is 4.08. The van der Waals surface area contributed by atoms with Gasteiger partial charge in [0.2, 0.25) is 0 Å². The molecule has 1 heterocycles. The van der Waals surface area contributed by atoms with E-state index in [1.807, 2.05) is 6.07 Å². The molecule has 4 nitrogen and oxygen atoms in total. The molecule has 0 saturated heterocycles. The van der Waals surface area contributed by atoms with Crippen LogP contribution in [0.15, 0.2) is 12.1 Å². The fourth-order valence-electron chi connectivity index (χ4n) is 2.81. The molecule has 0 spiro atoms. The van der Waals surface area contributed by atoms with Crippen molar-refractivity contribution in [3.05, 3.63) is 23.3 Å². The minimum Gasteiger partial charge on any atom is -0.493 e. The van der Waals surface area contributed by atoms with Crippen molar-refractivity contribution in [2.24, 2.45) is 0 Å². The van der Waals surface area contributed by atoms with E-state index < -0.39 is 0 Å². The van der Waals surface area contributed by atoms with Crippen LogP contribution in [-0.2, 0) is 14.9 Å². The lowest BCUT2D eigenvalue weighted by molar-refractivity contribution is -0.0140. The first-order valence-electron chi connectivity index (χ1n) is 7.55. The maximum Gasteiger partial charge on any atom is 0.161 e. The number of methoxy groups -OCH3 is 2. The molecule has 124 valence electrons. The zero-order valence-corrected chi connectivity index (χ0v) is 14.5. The van der Waals surface area contributed by atoms with Crippen molar-refractivity contribution in [1.29, 1.82) is 0 Å². The van der Waals surface area contributed by atoms with E-state index in [-0.39, 0.29) is 11.5 Å². The first-order chi connectivity index (χ1) is 10.5. The first-order valence-corrected chi connectivity index (χ1v) is 8.08. The van der Waals surface area contributed by atoms with E-state index in [2.05, 4.69) is 19.9 Å². The van der Waals surface area contributed by atoms with E-state index in [0.717, 1.165) is 17.7 Å². The highest BCUT2D eigenvalue weighted by Crippen LogP contribution is 2.43. The van der Waals surface area contributed by atoms with Gasteiger partial charge in [-0.2, -0.15) is 0 Å². The molecular formula is C17H25ClO4. The molecule has 0 saturated carbocycles. The molecule has 22 heavy (non-hydrogen) atoms. The molecular weight excluding hydrogens is 304 g/mol. The summed E-state index contributed by atoms with van der Waals surface area (Å²) in [4.78, 5) is 0. The van der Waals surface area contributed by atoms with E-state index in [1.165, 1.54) is 5.56 Å². The van der Waals surface area contributed by atoms with Gasteiger partial charge in [-0.25, -0.2) is 0 Å². The van der Waals surface area contributed by atoms with Crippen LogP contribution in [0.5, 0.6) is 11.5 Å². The highest BCUT2D eigenvalue weighted by atomic mass is 35.5. The van der Waals surface area contributed by atoms with Gasteiger partial charge < -0.3 is 18.9 Å². The number of fused-ring (bicyclic) bond motifs is 1. The summed E-state index contributed by atoms with van der Waals surface area (Å²) in [7, 11) is 3.30. The number of benzene rings is 1. The molecule has 5 heteroatoms. The second kappa shape index (κ2) is 7.53. The number of rotatable bonds is 6. The van der Waals surface area contributed by atoms with E-state index in [0.29, 0.717) is 31.5 Å². The summed E-state index contributed by atoms with van der Waals surface area (Å²) in [5, 5.41) is 0. The Morgan fingerprint density at radius 1 is 1.23 bits per heavy atom. The molecule has 2 rings (SSSR count). The first kappa shape index (κ1) is 17.4. The van der Waals surface area contributed by atoms with Crippen LogP contribution in [-0.4, -0.2) is 39.9 Å². The third-order valence-electron chi connectivity index (χ3n) is 4.17. The maximum atomic E-state index is 6.02. The van der Waals surface area contributed by atoms with Gasteiger partial charge in [-0.15, -0.1) is 11.6 Å². The van der Waals surface area contributed by atoms with Crippen LogP contribution in [0.3, 0.4) is 0 Å². The predicted molar refractivity (Wildman–Crippen MR) is 87.4 cm³/mol. The normalized spacial score (nSPS) is 20.1. The third kappa shape index (κ3) is 3.67. The molecule has 0 fully saturated rings. The zero-order valence-electron chi connectivity index (χ0n) is 13.8. The summed E-state index contributed by atoms with van der Waals surface area (Å²) < 4.78 is 22.5. The maximum absolute atomic E-state index is 6.02. The van der Waals surface area contributed by atoms with Crippen molar-refractivity contribution in [3.63, 3.8) is 0 Å². The van der Waals surface area contributed by atoms with E-state index in [1.54, 1.807) is 14.2 Å². The molecule has 1 aromatic rings. The van der Waals surface area contributed by atoms with Gasteiger partial charge in [-0.05, 0) is 35.1 Å². The van der Waals surface area contributed by atoms with Gasteiger partial charge in [0.05, 0.1) is 27.4 Å². The smallest absolute Gasteiger partial charge is 0.161 e. The summed E-state index contributed by atoms with van der Waals surface area (Å²) in [6.07, 6.45) is 0.835. The van der Waals surface area contributed by atoms with Gasteiger partial charge in [-0.3, -0.25) is 0 Å². The highest BCUT2D eigenvalue weighted by Gasteiger charge is 2.32. The SMILES string of the molecule is COc1cc2c(cc1OC)C(C)(C)CCOC2COCCCl. The van der Waals surface area contributed by atoms with Crippen LogP contribution in [0.25, 0.3) is 0 Å². The Morgan fingerprint density at radius 2 is 1.91 bits per heavy atom. The number of alkyl halides is 1. The number of hydrogen-bond donors (Lipinski definition) is 0. The molecule has 0 bridgehead atoms. The number of hydrogen-bond acceptors (Lipinski definition) is 4. The Bertz CT molecular complexity index is 502. The summed E-state index contributed by atoms with van der Waals surface area (Å²) in [5.41, 5.74) is 2.34. The van der Waals surface area contributed by atoms with Crippen molar-refractivity contribution in [2.45, 2.75) is 31.8 Å². The summed E-state index contributed by atoms with van der Waals surface area (Å²) in [5.74, 6) is 1.94. The Balaban J connectivity index is 2.43. The Hall–Kier alpha value is -0.970. The average Bonchev–Trinajstić information content (AvgIpc) is 2.63. The molecule has 0 aliphatic carbocycles. The van der Waals surface area contributed by atoms with Crippen LogP contribution in [0.1, 0.15) is 37.5 Å². The molecule has 0 N–H and O–H groups in total. The summed E-state index contributed by atoms with van der Waals surface area (Å²) >= 11 is 5.68. The van der Waals surface area contributed by atoms with E-state index >= 15 is 0 Å². The van der Waals surface area contributed by atoms with Gasteiger partial charge in [0.1, 0.15) is 6.10 Å². The topological polar surface area (TPSA) is 36.9 Å². The van der Waals surface area contributed by atoms with Gasteiger partial charge >= 0.3 is 0 Å². The minimum absolute atomic E-state index is 0.0100. The molecule has 0 aromatic heterocycles. The van der Waals surface area contributed by atoms with Crippen molar-refractivity contribution < 1.29 is 18.9 Å². The molecule has 1 aliphatic heterocycles. The molecule has 1 aromatic carbocycles. The van der Waals surface area contributed by atoms with Gasteiger partial charge in [0, 0.05) is 12.5 Å². The van der Waals surface area contributed by atoms with Crippen molar-refractivity contribution >= 4 is 11.6 Å². The van der Waals surface area contributed by atoms with Gasteiger partial charge in [0.15, 0.2) is 11.5 Å². The highest BCUT2D eigenvalue weighted by molar-refractivity contribution is 6.17. The largest absolute Gasteiger partial charge is 0.493 e. The van der Waals surface area contributed by atoms with Crippen molar-refractivity contribution in [1.82, 2.24) is 0 Å². The lowest BCUT2D eigenvalue weighted by Gasteiger charge is -2.27. The lowest BCUT2D eigenvalue weighted by Crippen LogP contribution is -2.19. The number of halogens is 1. The standard InChI is InChI=1S/C17H25ClO4/c1-17(2)5-7-22-16(11-21-8-6-18)12-9-14(19-3)15(20-4)10-13(12)17/h9-10,16H,5-8,11H2,1-4H3. The minimum atomic E-state index is -0.111. The molecule has 1 unspecified atom stereocenters. The van der Waals surface area contributed by atoms with E-state index in [9.17, 15) is 0 Å². The van der Waals surface area contributed by atoms with Crippen molar-refractivity contribution in [2.75, 3.05) is 39.9 Å². The summed E-state index contributed by atoms with van der Waals surface area (Å²) in [6.45, 7) is 6.16. The molecule has 0 amide bonds. The molecule has 0 radical (unpaired) electrons. The van der Waals surface area contributed by atoms with Gasteiger partial charge in [0.25, 0.3) is 0 Å². The Morgan fingerprint density at radius 3 is 2.55 bits per heavy atom. The number of ether oxygens (including phenoxy) is 4. The predicted octanol–water partition coefficient (Wildman–Crippen LogP) is 3.70. The van der Waals surface area contributed by atoms with Gasteiger partial charge in [-0.1, -0.05) is 13.8 Å². The van der Waals surface area contributed by atoms with Crippen LogP contribution in [0.4, 0.5) is 0 Å².